The number of thioether (sulfide) groups is 1. The number of morpholine rings is 1. The Morgan fingerprint density at radius 1 is 1.52 bits per heavy atom. The molecule has 4 nitrogen and oxygen atoms in total. The van der Waals surface area contributed by atoms with E-state index in [1.165, 1.54) is 31.4 Å². The van der Waals surface area contributed by atoms with Crippen LogP contribution in [0.5, 0.6) is 0 Å². The molecule has 1 spiro atoms. The van der Waals surface area contributed by atoms with E-state index >= 15 is 0 Å². The number of hydrogen-bond donors (Lipinski definition) is 1. The molecule has 3 fully saturated rings. The second-order valence-electron chi connectivity index (χ2n) is 6.93. The molecule has 0 aromatic heterocycles. The number of nitrogens with zero attached hydrogens (tertiary/aromatic N) is 2. The fourth-order valence-corrected chi connectivity index (χ4v) is 5.06. The lowest BCUT2D eigenvalue weighted by Crippen LogP contribution is -2.47. The molecule has 120 valence electrons. The van der Waals surface area contributed by atoms with Gasteiger partial charge in [0.15, 0.2) is 5.17 Å². The van der Waals surface area contributed by atoms with Gasteiger partial charge in [-0.3, -0.25) is 9.89 Å². The summed E-state index contributed by atoms with van der Waals surface area (Å²) >= 11 is 1.91. The minimum absolute atomic E-state index is 0.274. The van der Waals surface area contributed by atoms with E-state index in [4.69, 9.17) is 9.73 Å². The van der Waals surface area contributed by atoms with E-state index in [9.17, 15) is 0 Å². The molecule has 0 amide bonds. The molecular weight excluding hydrogens is 282 g/mol. The predicted molar refractivity (Wildman–Crippen MR) is 90.1 cm³/mol. The van der Waals surface area contributed by atoms with Gasteiger partial charge in [-0.25, -0.2) is 0 Å². The van der Waals surface area contributed by atoms with Gasteiger partial charge in [0.05, 0.1) is 19.3 Å². The second-order valence-corrected chi connectivity index (χ2v) is 7.89. The van der Waals surface area contributed by atoms with Gasteiger partial charge in [-0.15, -0.1) is 0 Å². The molecule has 2 aliphatic heterocycles. The quantitative estimate of drug-likeness (QED) is 0.868. The summed E-state index contributed by atoms with van der Waals surface area (Å²) in [5.74, 6) is 2.05. The monoisotopic (exact) mass is 311 g/mol. The summed E-state index contributed by atoms with van der Waals surface area (Å²) in [6.45, 7) is 9.47. The SMILES string of the molecule is CCN1CCOC(CN=C2NC3(CCCC(C)C3)CS2)C1. The van der Waals surface area contributed by atoms with Gasteiger partial charge < -0.3 is 10.1 Å². The summed E-state index contributed by atoms with van der Waals surface area (Å²) in [5.41, 5.74) is 0.337. The average Bonchev–Trinajstić information content (AvgIpc) is 2.88. The van der Waals surface area contributed by atoms with E-state index in [-0.39, 0.29) is 6.10 Å². The van der Waals surface area contributed by atoms with Crippen molar-refractivity contribution < 1.29 is 4.74 Å². The summed E-state index contributed by atoms with van der Waals surface area (Å²) in [5, 5.41) is 4.90. The topological polar surface area (TPSA) is 36.9 Å². The Hall–Kier alpha value is -0.260. The zero-order valence-electron chi connectivity index (χ0n) is 13.4. The van der Waals surface area contributed by atoms with Crippen LogP contribution in [0.25, 0.3) is 0 Å². The number of rotatable bonds is 3. The molecule has 2 saturated heterocycles. The third-order valence-electron chi connectivity index (χ3n) is 5.06. The molecule has 0 bridgehead atoms. The van der Waals surface area contributed by atoms with Crippen LogP contribution < -0.4 is 5.32 Å². The molecule has 21 heavy (non-hydrogen) atoms. The van der Waals surface area contributed by atoms with Crippen LogP contribution in [0, 0.1) is 5.92 Å². The van der Waals surface area contributed by atoms with E-state index in [0.29, 0.717) is 5.54 Å². The summed E-state index contributed by atoms with van der Waals surface area (Å²) in [6.07, 6.45) is 5.65. The normalized spacial score (nSPS) is 39.8. The maximum atomic E-state index is 5.84. The number of likely N-dealkylation sites (N-methyl/N-ethyl adjacent to an activating group) is 1. The maximum Gasteiger partial charge on any atom is 0.157 e. The van der Waals surface area contributed by atoms with Crippen LogP contribution in [-0.2, 0) is 4.74 Å². The highest BCUT2D eigenvalue weighted by Crippen LogP contribution is 2.38. The molecule has 3 unspecified atom stereocenters. The fraction of sp³-hybridized carbons (Fsp3) is 0.938. The van der Waals surface area contributed by atoms with Gasteiger partial charge >= 0.3 is 0 Å². The van der Waals surface area contributed by atoms with Gasteiger partial charge in [-0.1, -0.05) is 38.5 Å². The third kappa shape index (κ3) is 3.93. The highest BCUT2D eigenvalue weighted by molar-refractivity contribution is 8.14. The minimum Gasteiger partial charge on any atom is -0.374 e. The molecule has 0 aromatic carbocycles. The highest BCUT2D eigenvalue weighted by Gasteiger charge is 2.40. The number of hydrogen-bond acceptors (Lipinski definition) is 4. The molecule has 0 aromatic rings. The summed E-state index contributed by atoms with van der Waals surface area (Å²) in [4.78, 5) is 7.26. The van der Waals surface area contributed by atoms with Crippen LogP contribution in [0.15, 0.2) is 4.99 Å². The minimum atomic E-state index is 0.274. The molecule has 5 heteroatoms. The Morgan fingerprint density at radius 3 is 3.24 bits per heavy atom. The maximum absolute atomic E-state index is 5.84. The molecule has 1 N–H and O–H groups in total. The van der Waals surface area contributed by atoms with Crippen molar-refractivity contribution in [1.29, 1.82) is 0 Å². The fourth-order valence-electron chi connectivity index (χ4n) is 3.86. The average molecular weight is 311 g/mol. The van der Waals surface area contributed by atoms with Crippen molar-refractivity contribution in [1.82, 2.24) is 10.2 Å². The van der Waals surface area contributed by atoms with E-state index in [2.05, 4.69) is 24.1 Å². The zero-order chi connectivity index (χ0) is 14.7. The first-order chi connectivity index (χ1) is 10.2. The molecule has 1 aliphatic carbocycles. The van der Waals surface area contributed by atoms with E-state index < -0.39 is 0 Å². The van der Waals surface area contributed by atoms with Crippen molar-refractivity contribution in [2.45, 2.75) is 51.2 Å². The number of amidine groups is 1. The predicted octanol–water partition coefficient (Wildman–Crippen LogP) is 2.35. The lowest BCUT2D eigenvalue weighted by Gasteiger charge is -2.36. The Bertz CT molecular complexity index is 390. The molecular formula is C16H29N3OS. The lowest BCUT2D eigenvalue weighted by atomic mass is 9.78. The van der Waals surface area contributed by atoms with Crippen molar-refractivity contribution in [3.63, 3.8) is 0 Å². The highest BCUT2D eigenvalue weighted by atomic mass is 32.2. The number of nitrogens with one attached hydrogen (secondary N) is 1. The van der Waals surface area contributed by atoms with Gasteiger partial charge in [0.25, 0.3) is 0 Å². The van der Waals surface area contributed by atoms with Crippen molar-refractivity contribution in [2.24, 2.45) is 10.9 Å². The van der Waals surface area contributed by atoms with E-state index in [1.807, 2.05) is 11.8 Å². The first kappa shape index (κ1) is 15.6. The largest absolute Gasteiger partial charge is 0.374 e. The summed E-state index contributed by atoms with van der Waals surface area (Å²) in [7, 11) is 0. The smallest absolute Gasteiger partial charge is 0.157 e. The van der Waals surface area contributed by atoms with E-state index in [0.717, 1.165) is 43.9 Å². The van der Waals surface area contributed by atoms with Crippen LogP contribution in [-0.4, -0.2) is 60.2 Å². The van der Waals surface area contributed by atoms with Crippen LogP contribution in [0.3, 0.4) is 0 Å². The van der Waals surface area contributed by atoms with Gasteiger partial charge in [0.2, 0.25) is 0 Å². The molecule has 3 aliphatic rings. The van der Waals surface area contributed by atoms with Gasteiger partial charge in [-0.2, -0.15) is 0 Å². The standard InChI is InChI=1S/C16H29N3OS/c1-3-19-7-8-20-14(11-19)10-17-15-18-16(12-21-15)6-4-5-13(2)9-16/h13-14H,3-12H2,1-2H3,(H,17,18). The van der Waals surface area contributed by atoms with Crippen molar-refractivity contribution >= 4 is 16.9 Å². The first-order valence-electron chi connectivity index (χ1n) is 8.48. The van der Waals surface area contributed by atoms with Crippen molar-refractivity contribution in [3.8, 4) is 0 Å². The third-order valence-corrected chi connectivity index (χ3v) is 6.26. The molecule has 0 radical (unpaired) electrons. The van der Waals surface area contributed by atoms with Crippen molar-refractivity contribution in [2.75, 3.05) is 38.5 Å². The molecule has 3 rings (SSSR count). The van der Waals surface area contributed by atoms with Gasteiger partial charge in [0.1, 0.15) is 0 Å². The summed E-state index contributed by atoms with van der Waals surface area (Å²) in [6, 6.07) is 0. The second kappa shape index (κ2) is 6.88. The van der Waals surface area contributed by atoms with Crippen molar-refractivity contribution in [3.05, 3.63) is 0 Å². The Kier molecular flexibility index (Phi) is 5.12. The van der Waals surface area contributed by atoms with Crippen LogP contribution >= 0.6 is 11.8 Å². The summed E-state index contributed by atoms with van der Waals surface area (Å²) < 4.78 is 5.84. The Morgan fingerprint density at radius 2 is 2.43 bits per heavy atom. The van der Waals surface area contributed by atoms with Crippen LogP contribution in [0.1, 0.15) is 39.5 Å². The van der Waals surface area contributed by atoms with Gasteiger partial charge in [-0.05, 0) is 25.3 Å². The lowest BCUT2D eigenvalue weighted by molar-refractivity contribution is -0.0209. The number of ether oxygens (including phenoxy) is 1. The number of aliphatic imine (C=N–C) groups is 1. The van der Waals surface area contributed by atoms with Gasteiger partial charge in [0, 0.05) is 24.4 Å². The van der Waals surface area contributed by atoms with Crippen LogP contribution in [0.4, 0.5) is 0 Å². The molecule has 1 saturated carbocycles. The van der Waals surface area contributed by atoms with Crippen LogP contribution in [0.2, 0.25) is 0 Å². The zero-order valence-corrected chi connectivity index (χ0v) is 14.3. The molecule has 3 atom stereocenters. The molecule has 2 heterocycles. The Balaban J connectivity index is 1.51. The Labute approximate surface area is 133 Å². The first-order valence-corrected chi connectivity index (χ1v) is 9.47. The van der Waals surface area contributed by atoms with E-state index in [1.54, 1.807) is 0 Å².